The van der Waals surface area contributed by atoms with Crippen molar-refractivity contribution in [2.45, 2.75) is 19.4 Å². The molecule has 1 atom stereocenters. The van der Waals surface area contributed by atoms with Gasteiger partial charge in [-0.1, -0.05) is 18.5 Å². The molecule has 1 N–H and O–H groups in total. The van der Waals surface area contributed by atoms with Crippen LogP contribution < -0.4 is 5.32 Å². The lowest BCUT2D eigenvalue weighted by Gasteiger charge is -2.15. The van der Waals surface area contributed by atoms with Crippen LogP contribution in [-0.4, -0.2) is 30.6 Å². The van der Waals surface area contributed by atoms with Gasteiger partial charge in [0.1, 0.15) is 0 Å². The lowest BCUT2D eigenvalue weighted by molar-refractivity contribution is 0.356. The Bertz CT molecular complexity index is 310. The molecule has 0 aromatic heterocycles. The van der Waals surface area contributed by atoms with Crippen molar-refractivity contribution in [3.05, 3.63) is 29.3 Å². The van der Waals surface area contributed by atoms with E-state index in [0.29, 0.717) is 6.04 Å². The third kappa shape index (κ3) is 2.86. The average molecular weight is 225 g/mol. The molecule has 1 aromatic rings. The molecule has 0 spiro atoms. The van der Waals surface area contributed by atoms with Gasteiger partial charge in [-0.25, -0.2) is 0 Å². The maximum atomic E-state index is 5.84. The van der Waals surface area contributed by atoms with E-state index >= 15 is 0 Å². The maximum absolute atomic E-state index is 5.84. The fraction of sp³-hybridized carbons (Fsp3) is 0.500. The Kier molecular flexibility index (Phi) is 3.49. The molecular formula is C12H17ClN2. The third-order valence-corrected chi connectivity index (χ3v) is 3.19. The Morgan fingerprint density at radius 2 is 2.13 bits per heavy atom. The van der Waals surface area contributed by atoms with Crippen LogP contribution in [0.2, 0.25) is 5.02 Å². The first-order chi connectivity index (χ1) is 7.28. The summed E-state index contributed by atoms with van der Waals surface area (Å²) in [5, 5.41) is 4.33. The summed E-state index contributed by atoms with van der Waals surface area (Å²) >= 11 is 5.84. The van der Waals surface area contributed by atoms with Gasteiger partial charge in [-0.05, 0) is 37.2 Å². The number of hydrogen-bond donors (Lipinski definition) is 1. The Morgan fingerprint density at radius 1 is 1.40 bits per heavy atom. The van der Waals surface area contributed by atoms with Gasteiger partial charge in [-0.2, -0.15) is 0 Å². The van der Waals surface area contributed by atoms with Crippen LogP contribution in [0, 0.1) is 0 Å². The lowest BCUT2D eigenvalue weighted by atomic mass is 10.2. The fourth-order valence-corrected chi connectivity index (χ4v) is 2.15. The van der Waals surface area contributed by atoms with Crippen LogP contribution in [0.5, 0.6) is 0 Å². The second-order valence-electron chi connectivity index (χ2n) is 4.03. The highest BCUT2D eigenvalue weighted by atomic mass is 35.5. The van der Waals surface area contributed by atoms with E-state index in [-0.39, 0.29) is 0 Å². The summed E-state index contributed by atoms with van der Waals surface area (Å²) in [4.78, 5) is 2.47. The van der Waals surface area contributed by atoms with Gasteiger partial charge in [0.2, 0.25) is 0 Å². The van der Waals surface area contributed by atoms with E-state index in [0.717, 1.165) is 18.1 Å². The topological polar surface area (TPSA) is 15.3 Å². The monoisotopic (exact) mass is 224 g/mol. The first kappa shape index (κ1) is 10.8. The molecule has 1 heterocycles. The van der Waals surface area contributed by atoms with Crippen molar-refractivity contribution in [1.82, 2.24) is 4.90 Å². The number of hydrogen-bond acceptors (Lipinski definition) is 2. The number of halogens is 1. The fourth-order valence-electron chi connectivity index (χ4n) is 2.02. The average Bonchev–Trinajstić information content (AvgIpc) is 2.69. The van der Waals surface area contributed by atoms with Crippen LogP contribution in [0.25, 0.3) is 0 Å². The van der Waals surface area contributed by atoms with E-state index in [2.05, 4.69) is 17.1 Å². The number of anilines is 1. The molecule has 1 aliphatic rings. The molecule has 1 unspecified atom stereocenters. The van der Waals surface area contributed by atoms with Crippen molar-refractivity contribution >= 4 is 17.3 Å². The van der Waals surface area contributed by atoms with Gasteiger partial charge >= 0.3 is 0 Å². The minimum Gasteiger partial charge on any atom is -0.381 e. The van der Waals surface area contributed by atoms with E-state index in [9.17, 15) is 0 Å². The number of benzene rings is 1. The van der Waals surface area contributed by atoms with E-state index < -0.39 is 0 Å². The van der Waals surface area contributed by atoms with Crippen molar-refractivity contribution in [3.63, 3.8) is 0 Å². The van der Waals surface area contributed by atoms with E-state index in [1.54, 1.807) is 0 Å². The number of rotatable bonds is 3. The molecule has 2 nitrogen and oxygen atoms in total. The largest absolute Gasteiger partial charge is 0.381 e. The zero-order chi connectivity index (χ0) is 10.7. The summed E-state index contributed by atoms with van der Waals surface area (Å²) < 4.78 is 0. The van der Waals surface area contributed by atoms with Gasteiger partial charge in [0.25, 0.3) is 0 Å². The Balaban J connectivity index is 1.90. The number of likely N-dealkylation sites (tertiary alicyclic amines) is 1. The van der Waals surface area contributed by atoms with Gasteiger partial charge in [0.15, 0.2) is 0 Å². The molecule has 82 valence electrons. The minimum absolute atomic E-state index is 0.589. The highest BCUT2D eigenvalue weighted by molar-refractivity contribution is 6.30. The Morgan fingerprint density at radius 3 is 2.73 bits per heavy atom. The van der Waals surface area contributed by atoms with Crippen LogP contribution in [0.4, 0.5) is 5.69 Å². The summed E-state index contributed by atoms with van der Waals surface area (Å²) in [5.74, 6) is 0. The molecule has 0 aliphatic carbocycles. The molecule has 15 heavy (non-hydrogen) atoms. The highest BCUT2D eigenvalue weighted by Crippen LogP contribution is 2.17. The van der Waals surface area contributed by atoms with Gasteiger partial charge < -0.3 is 10.2 Å². The van der Waals surface area contributed by atoms with E-state index in [1.165, 1.54) is 18.7 Å². The molecule has 1 aliphatic heterocycles. The SMILES string of the molecule is CCN1CCC(Nc2ccc(Cl)cc2)C1. The predicted octanol–water partition coefficient (Wildman–Crippen LogP) is 2.85. The second-order valence-corrected chi connectivity index (χ2v) is 4.47. The van der Waals surface area contributed by atoms with Crippen molar-refractivity contribution < 1.29 is 0 Å². The molecule has 0 radical (unpaired) electrons. The Labute approximate surface area is 96.2 Å². The quantitative estimate of drug-likeness (QED) is 0.850. The molecular weight excluding hydrogens is 208 g/mol. The first-order valence-electron chi connectivity index (χ1n) is 5.52. The molecule has 1 saturated heterocycles. The van der Waals surface area contributed by atoms with Crippen LogP contribution in [0.15, 0.2) is 24.3 Å². The van der Waals surface area contributed by atoms with Crippen molar-refractivity contribution in [3.8, 4) is 0 Å². The van der Waals surface area contributed by atoms with Gasteiger partial charge in [0, 0.05) is 29.8 Å². The smallest absolute Gasteiger partial charge is 0.0407 e. The van der Waals surface area contributed by atoms with E-state index in [4.69, 9.17) is 11.6 Å². The van der Waals surface area contributed by atoms with Gasteiger partial charge in [0.05, 0.1) is 0 Å². The van der Waals surface area contributed by atoms with Crippen LogP contribution in [0.3, 0.4) is 0 Å². The molecule has 0 amide bonds. The summed E-state index contributed by atoms with van der Waals surface area (Å²) in [6, 6.07) is 8.52. The van der Waals surface area contributed by atoms with Crippen LogP contribution in [0.1, 0.15) is 13.3 Å². The van der Waals surface area contributed by atoms with Crippen molar-refractivity contribution in [2.75, 3.05) is 25.0 Å². The van der Waals surface area contributed by atoms with Crippen molar-refractivity contribution in [2.24, 2.45) is 0 Å². The molecule has 0 saturated carbocycles. The van der Waals surface area contributed by atoms with Crippen LogP contribution >= 0.6 is 11.6 Å². The van der Waals surface area contributed by atoms with Crippen LogP contribution in [-0.2, 0) is 0 Å². The summed E-state index contributed by atoms with van der Waals surface area (Å²) in [7, 11) is 0. The maximum Gasteiger partial charge on any atom is 0.0407 e. The van der Waals surface area contributed by atoms with Gasteiger partial charge in [-0.3, -0.25) is 0 Å². The normalized spacial score (nSPS) is 21.9. The van der Waals surface area contributed by atoms with E-state index in [1.807, 2.05) is 24.3 Å². The minimum atomic E-state index is 0.589. The molecule has 3 heteroatoms. The summed E-state index contributed by atoms with van der Waals surface area (Å²) in [5.41, 5.74) is 1.17. The molecule has 1 fully saturated rings. The molecule has 1 aromatic carbocycles. The lowest BCUT2D eigenvalue weighted by Crippen LogP contribution is -2.25. The highest BCUT2D eigenvalue weighted by Gasteiger charge is 2.20. The summed E-state index contributed by atoms with van der Waals surface area (Å²) in [6.45, 7) is 5.73. The Hall–Kier alpha value is -0.730. The number of nitrogens with zero attached hydrogens (tertiary/aromatic N) is 1. The number of likely N-dealkylation sites (N-methyl/N-ethyl adjacent to an activating group) is 1. The standard InChI is InChI=1S/C12H17ClN2/c1-2-15-8-7-12(9-15)14-11-5-3-10(13)4-6-11/h3-6,12,14H,2,7-9H2,1H3. The molecule has 2 rings (SSSR count). The zero-order valence-electron chi connectivity index (χ0n) is 9.04. The zero-order valence-corrected chi connectivity index (χ0v) is 9.80. The van der Waals surface area contributed by atoms with Crippen molar-refractivity contribution in [1.29, 1.82) is 0 Å². The second kappa shape index (κ2) is 4.86. The third-order valence-electron chi connectivity index (χ3n) is 2.93. The summed E-state index contributed by atoms with van der Waals surface area (Å²) in [6.07, 6.45) is 1.23. The number of nitrogens with one attached hydrogen (secondary N) is 1. The first-order valence-corrected chi connectivity index (χ1v) is 5.90. The van der Waals surface area contributed by atoms with Gasteiger partial charge in [-0.15, -0.1) is 0 Å². The predicted molar refractivity (Wildman–Crippen MR) is 65.6 cm³/mol. The molecule has 0 bridgehead atoms.